The molecule has 2 aromatic rings. The molecule has 6 nitrogen and oxygen atoms in total. The van der Waals surface area contributed by atoms with Crippen LogP contribution in [0.15, 0.2) is 41.3 Å². The second-order valence-electron chi connectivity index (χ2n) is 8.42. The van der Waals surface area contributed by atoms with Crippen LogP contribution in [-0.2, 0) is 18.5 Å². The van der Waals surface area contributed by atoms with Crippen molar-refractivity contribution >= 4 is 37.4 Å². The summed E-state index contributed by atoms with van der Waals surface area (Å²) in [5, 5.41) is -6.76. The summed E-state index contributed by atoms with van der Waals surface area (Å²) in [5.41, 5.74) is 0. The molecule has 0 atom stereocenters. The number of carbonyl (C=O) groups excluding carboxylic acids is 1. The van der Waals surface area contributed by atoms with Crippen LogP contribution in [0.2, 0.25) is 0 Å². The van der Waals surface area contributed by atoms with Crippen molar-refractivity contribution in [3.05, 3.63) is 36.4 Å². The molecule has 1 saturated heterocycles. The van der Waals surface area contributed by atoms with Crippen LogP contribution in [-0.4, -0.2) is 56.0 Å². The molecule has 0 aliphatic carbocycles. The number of carbonyl (C=O) groups is 1. The SMILES string of the molecule is CCCOC(=O)Oc1ccc(S2(OS(=O)(=O)C(F)(F)C(F)(F)C(F)(F)C(F)(F)F)CCCC2)c2ccccc12. The maximum absolute atomic E-state index is 14.5. The van der Waals surface area contributed by atoms with Crippen LogP contribution in [0.25, 0.3) is 10.8 Å². The van der Waals surface area contributed by atoms with Gasteiger partial charge in [-0.15, -0.1) is 0 Å². The minimum absolute atomic E-state index is 0.0278. The summed E-state index contributed by atoms with van der Waals surface area (Å²) < 4.78 is 161. The third-order valence-corrected chi connectivity index (χ3v) is 11.4. The quantitative estimate of drug-likeness (QED) is 0.166. The van der Waals surface area contributed by atoms with E-state index >= 15 is 0 Å². The molecular weight excluding hydrogens is 595 g/mol. The standard InChI is InChI=1S/C22H21F9O6S2/c1-2-11-35-18(32)36-16-9-10-17(15-8-4-3-7-14(15)16)38(12-5-6-13-38)37-39(33,34)22(30,31)20(25,26)19(23,24)21(27,28)29/h3-4,7-10H,2,5-6,11-13H2,1H3. The highest BCUT2D eigenvalue weighted by Crippen LogP contribution is 2.66. The Hall–Kier alpha value is -2.40. The van der Waals surface area contributed by atoms with Gasteiger partial charge in [0.15, 0.2) is 0 Å². The molecule has 0 bridgehead atoms. The van der Waals surface area contributed by atoms with Crippen LogP contribution in [0.1, 0.15) is 26.2 Å². The van der Waals surface area contributed by atoms with E-state index < -0.39 is 49.9 Å². The predicted octanol–water partition coefficient (Wildman–Crippen LogP) is 7.41. The summed E-state index contributed by atoms with van der Waals surface area (Å²) in [6, 6.07) is 7.90. The van der Waals surface area contributed by atoms with Crippen LogP contribution in [0.3, 0.4) is 0 Å². The lowest BCUT2D eigenvalue weighted by Crippen LogP contribution is -2.63. The van der Waals surface area contributed by atoms with E-state index in [4.69, 9.17) is 9.47 Å². The lowest BCUT2D eigenvalue weighted by atomic mass is 10.1. The van der Waals surface area contributed by atoms with Crippen molar-refractivity contribution in [1.82, 2.24) is 0 Å². The fourth-order valence-electron chi connectivity index (χ4n) is 3.79. The van der Waals surface area contributed by atoms with Crippen molar-refractivity contribution in [2.45, 2.75) is 54.4 Å². The second kappa shape index (κ2) is 10.5. The molecule has 0 N–H and O–H groups in total. The third-order valence-electron chi connectivity index (χ3n) is 5.71. The van der Waals surface area contributed by atoms with Crippen molar-refractivity contribution in [2.75, 3.05) is 18.1 Å². The summed E-state index contributed by atoms with van der Waals surface area (Å²) in [7, 11) is -10.6. The maximum atomic E-state index is 14.5. The monoisotopic (exact) mass is 616 g/mol. The average molecular weight is 617 g/mol. The summed E-state index contributed by atoms with van der Waals surface area (Å²) in [4.78, 5) is 11.8. The zero-order valence-corrected chi connectivity index (χ0v) is 21.5. The predicted molar refractivity (Wildman–Crippen MR) is 122 cm³/mol. The summed E-state index contributed by atoms with van der Waals surface area (Å²) in [6.45, 7) is 1.75. The van der Waals surface area contributed by atoms with Crippen LogP contribution in [0.5, 0.6) is 5.75 Å². The molecule has 0 radical (unpaired) electrons. The highest BCUT2D eigenvalue weighted by atomic mass is 32.3. The van der Waals surface area contributed by atoms with Gasteiger partial charge < -0.3 is 9.47 Å². The van der Waals surface area contributed by atoms with E-state index in [0.29, 0.717) is 6.42 Å². The number of hydrogen-bond acceptors (Lipinski definition) is 6. The first kappa shape index (κ1) is 31.1. The van der Waals surface area contributed by atoms with Gasteiger partial charge in [0.2, 0.25) is 0 Å². The Balaban J connectivity index is 2.10. The molecule has 1 fully saturated rings. The molecule has 3 rings (SSSR count). The minimum atomic E-state index is -7.41. The molecule has 0 spiro atoms. The van der Waals surface area contributed by atoms with E-state index in [1.54, 1.807) is 6.92 Å². The first-order valence-electron chi connectivity index (χ1n) is 11.2. The number of fused-ring (bicyclic) bond motifs is 1. The van der Waals surface area contributed by atoms with Crippen LogP contribution < -0.4 is 4.74 Å². The molecular formula is C22H21F9O6S2. The molecule has 17 heteroatoms. The lowest BCUT2D eigenvalue weighted by Gasteiger charge is -2.38. The topological polar surface area (TPSA) is 78.9 Å². The van der Waals surface area contributed by atoms with Crippen LogP contribution in [0, 0.1) is 0 Å². The maximum Gasteiger partial charge on any atom is 0.513 e. The van der Waals surface area contributed by atoms with Crippen molar-refractivity contribution in [3.8, 4) is 5.75 Å². The van der Waals surface area contributed by atoms with Gasteiger partial charge in [-0.2, -0.15) is 47.9 Å². The molecule has 1 aliphatic rings. The number of rotatable bonds is 9. The highest BCUT2D eigenvalue weighted by molar-refractivity contribution is 8.33. The Bertz CT molecular complexity index is 1320. The molecule has 1 heterocycles. The van der Waals surface area contributed by atoms with Crippen LogP contribution in [0.4, 0.5) is 44.3 Å². The van der Waals surface area contributed by atoms with Crippen molar-refractivity contribution in [1.29, 1.82) is 0 Å². The fraction of sp³-hybridized carbons (Fsp3) is 0.500. The summed E-state index contributed by atoms with van der Waals surface area (Å²) in [5.74, 6) is -15.5. The zero-order chi connectivity index (χ0) is 29.5. The molecule has 2 aromatic carbocycles. The fourth-order valence-corrected chi connectivity index (χ4v) is 9.66. The van der Waals surface area contributed by atoms with E-state index in [-0.39, 0.29) is 52.4 Å². The van der Waals surface area contributed by atoms with Crippen molar-refractivity contribution < 1.29 is 65.8 Å². The van der Waals surface area contributed by atoms with Gasteiger partial charge in [-0.3, -0.25) is 0 Å². The van der Waals surface area contributed by atoms with Gasteiger partial charge in [-0.05, 0) is 36.8 Å². The molecule has 1 aliphatic heterocycles. The average Bonchev–Trinajstić information content (AvgIpc) is 3.30. The van der Waals surface area contributed by atoms with Gasteiger partial charge in [0.1, 0.15) is 5.75 Å². The Labute approximate surface area is 218 Å². The van der Waals surface area contributed by atoms with E-state index in [0.717, 1.165) is 12.1 Å². The zero-order valence-electron chi connectivity index (χ0n) is 19.9. The van der Waals surface area contributed by atoms with Crippen molar-refractivity contribution in [2.24, 2.45) is 0 Å². The Morgan fingerprint density at radius 2 is 1.44 bits per heavy atom. The minimum Gasteiger partial charge on any atom is -0.434 e. The van der Waals surface area contributed by atoms with Gasteiger partial charge in [0.05, 0.1) is 6.61 Å². The van der Waals surface area contributed by atoms with E-state index in [9.17, 15) is 52.7 Å². The number of benzene rings is 2. The molecule has 0 saturated carbocycles. The number of halogens is 9. The Morgan fingerprint density at radius 3 is 1.97 bits per heavy atom. The lowest BCUT2D eigenvalue weighted by molar-refractivity contribution is -0.382. The van der Waals surface area contributed by atoms with E-state index in [1.165, 1.54) is 24.3 Å². The molecule has 0 aromatic heterocycles. The van der Waals surface area contributed by atoms with E-state index in [2.05, 4.69) is 3.63 Å². The largest absolute Gasteiger partial charge is 0.513 e. The number of ether oxygens (including phenoxy) is 2. The molecule has 0 unspecified atom stereocenters. The molecule has 220 valence electrons. The second-order valence-corrected chi connectivity index (χ2v) is 13.3. The van der Waals surface area contributed by atoms with Gasteiger partial charge in [-0.25, -0.2) is 8.42 Å². The van der Waals surface area contributed by atoms with E-state index in [1.807, 2.05) is 0 Å². The normalized spacial score (nSPS) is 17.7. The van der Waals surface area contributed by atoms with Gasteiger partial charge in [0, 0.05) is 21.8 Å². The van der Waals surface area contributed by atoms with Crippen LogP contribution >= 0.6 is 10.3 Å². The van der Waals surface area contributed by atoms with Gasteiger partial charge in [-0.1, -0.05) is 41.5 Å². The number of alkyl halides is 9. The highest BCUT2D eigenvalue weighted by Gasteiger charge is 2.86. The molecule has 0 amide bonds. The van der Waals surface area contributed by atoms with Gasteiger partial charge in [0.25, 0.3) is 0 Å². The first-order chi connectivity index (χ1) is 17.8. The summed E-state index contributed by atoms with van der Waals surface area (Å²) in [6.07, 6.45) is -7.53. The Kier molecular flexibility index (Phi) is 8.41. The van der Waals surface area contributed by atoms with Gasteiger partial charge >= 0.3 is 39.5 Å². The molecule has 39 heavy (non-hydrogen) atoms. The first-order valence-corrected chi connectivity index (χ1v) is 14.5. The summed E-state index contributed by atoms with van der Waals surface area (Å²) >= 11 is 0. The number of hydrogen-bond donors (Lipinski definition) is 0. The smallest absolute Gasteiger partial charge is 0.434 e. The third kappa shape index (κ3) is 5.36. The Morgan fingerprint density at radius 1 is 0.872 bits per heavy atom. The van der Waals surface area contributed by atoms with Crippen molar-refractivity contribution in [3.63, 3.8) is 0 Å².